The van der Waals surface area contributed by atoms with Gasteiger partial charge in [-0.2, -0.15) is 13.2 Å². The zero-order valence-corrected chi connectivity index (χ0v) is 13.7. The largest absolute Gasteiger partial charge is 0.411 e. The molecule has 0 aromatic heterocycles. The first kappa shape index (κ1) is 20.7. The zero-order valence-electron chi connectivity index (χ0n) is 12.9. The van der Waals surface area contributed by atoms with E-state index in [0.29, 0.717) is 31.9 Å². The minimum atomic E-state index is -4.32. The maximum Gasteiger partial charge on any atom is 0.411 e. The number of amides is 1. The van der Waals surface area contributed by atoms with Crippen LogP contribution in [0, 0.1) is 0 Å². The molecule has 0 radical (unpaired) electrons. The van der Waals surface area contributed by atoms with E-state index in [4.69, 9.17) is 4.74 Å². The Kier molecular flexibility index (Phi) is 8.47. The lowest BCUT2D eigenvalue weighted by Crippen LogP contribution is -2.51. The molecule has 1 aliphatic heterocycles. The van der Waals surface area contributed by atoms with Crippen molar-refractivity contribution in [3.63, 3.8) is 0 Å². The smallest absolute Gasteiger partial charge is 0.378 e. The monoisotopic (exact) mass is 368 g/mol. The molecule has 1 amide bonds. The summed E-state index contributed by atoms with van der Waals surface area (Å²) in [5, 5.41) is 5.84. The number of benzene rings is 1. The standard InChI is InChI=1S/C15H19F3N2O3.ClH/c16-15(17,18)10-23-8-12-3-1-11(2-4-12)7-20-14(21)13-9-22-6-5-19-13;/h1-4,13,19H,5-10H2,(H,20,21);1H. The molecule has 1 atom stereocenters. The summed E-state index contributed by atoms with van der Waals surface area (Å²) in [7, 11) is 0. The fourth-order valence-corrected chi connectivity index (χ4v) is 2.08. The van der Waals surface area contributed by atoms with Gasteiger partial charge in [-0.1, -0.05) is 24.3 Å². The number of ether oxygens (including phenoxy) is 2. The second kappa shape index (κ2) is 9.83. The van der Waals surface area contributed by atoms with Crippen LogP contribution in [0.4, 0.5) is 13.2 Å². The Morgan fingerprint density at radius 1 is 1.29 bits per heavy atom. The molecule has 1 aliphatic rings. The maximum absolute atomic E-state index is 12.0. The molecule has 0 aliphatic carbocycles. The summed E-state index contributed by atoms with van der Waals surface area (Å²) in [6, 6.07) is 6.51. The van der Waals surface area contributed by atoms with E-state index in [0.717, 1.165) is 5.56 Å². The summed E-state index contributed by atoms with van der Waals surface area (Å²) >= 11 is 0. The van der Waals surface area contributed by atoms with Gasteiger partial charge in [-0.15, -0.1) is 12.4 Å². The Balaban J connectivity index is 0.00000288. The highest BCUT2D eigenvalue weighted by Gasteiger charge is 2.27. The second-order valence-corrected chi connectivity index (χ2v) is 5.22. The summed E-state index contributed by atoms with van der Waals surface area (Å²) in [6.07, 6.45) is -4.32. The predicted octanol–water partition coefficient (Wildman–Crippen LogP) is 1.79. The van der Waals surface area contributed by atoms with E-state index >= 15 is 0 Å². The molecule has 1 aromatic carbocycles. The fraction of sp³-hybridized carbons (Fsp3) is 0.533. The molecule has 0 saturated carbocycles. The molecule has 1 heterocycles. The van der Waals surface area contributed by atoms with Gasteiger partial charge >= 0.3 is 6.18 Å². The second-order valence-electron chi connectivity index (χ2n) is 5.22. The molecule has 0 bridgehead atoms. The van der Waals surface area contributed by atoms with Crippen molar-refractivity contribution in [2.24, 2.45) is 0 Å². The number of carbonyl (C=O) groups is 1. The highest BCUT2D eigenvalue weighted by Crippen LogP contribution is 2.15. The van der Waals surface area contributed by atoms with Crippen molar-refractivity contribution in [2.75, 3.05) is 26.4 Å². The average Bonchev–Trinajstić information content (AvgIpc) is 2.53. The lowest BCUT2D eigenvalue weighted by atomic mass is 10.1. The van der Waals surface area contributed by atoms with Crippen LogP contribution in [0.3, 0.4) is 0 Å². The molecule has 24 heavy (non-hydrogen) atoms. The van der Waals surface area contributed by atoms with E-state index in [1.165, 1.54) is 0 Å². The molecule has 1 saturated heterocycles. The minimum absolute atomic E-state index is 0. The third-order valence-electron chi connectivity index (χ3n) is 3.26. The topological polar surface area (TPSA) is 59.6 Å². The predicted molar refractivity (Wildman–Crippen MR) is 83.9 cm³/mol. The quantitative estimate of drug-likeness (QED) is 0.804. The van der Waals surface area contributed by atoms with E-state index in [1.807, 2.05) is 0 Å². The first-order valence-electron chi connectivity index (χ1n) is 7.25. The number of hydrogen-bond donors (Lipinski definition) is 2. The van der Waals surface area contributed by atoms with Crippen molar-refractivity contribution in [1.29, 1.82) is 0 Å². The van der Waals surface area contributed by atoms with Crippen LogP contribution in [-0.2, 0) is 27.4 Å². The Labute approximate surface area is 144 Å². The Bertz CT molecular complexity index is 506. The normalized spacial score (nSPS) is 17.9. The molecule has 5 nitrogen and oxygen atoms in total. The molecule has 1 fully saturated rings. The number of hydrogen-bond acceptors (Lipinski definition) is 4. The number of alkyl halides is 3. The van der Waals surface area contributed by atoms with Crippen LogP contribution >= 0.6 is 12.4 Å². The van der Waals surface area contributed by atoms with Crippen LogP contribution in [0.2, 0.25) is 0 Å². The molecular weight excluding hydrogens is 349 g/mol. The van der Waals surface area contributed by atoms with Gasteiger partial charge in [0.2, 0.25) is 5.91 Å². The van der Waals surface area contributed by atoms with E-state index < -0.39 is 12.8 Å². The van der Waals surface area contributed by atoms with Crippen molar-refractivity contribution in [3.8, 4) is 0 Å². The summed E-state index contributed by atoms with van der Waals surface area (Å²) in [6.45, 7) is 0.575. The highest BCUT2D eigenvalue weighted by atomic mass is 35.5. The Morgan fingerprint density at radius 3 is 2.54 bits per heavy atom. The first-order valence-corrected chi connectivity index (χ1v) is 7.25. The highest BCUT2D eigenvalue weighted by molar-refractivity contribution is 5.85. The molecule has 0 spiro atoms. The lowest BCUT2D eigenvalue weighted by molar-refractivity contribution is -0.176. The van der Waals surface area contributed by atoms with Gasteiger partial charge in [0.25, 0.3) is 0 Å². The molecule has 2 rings (SSSR count). The number of nitrogens with one attached hydrogen (secondary N) is 2. The summed E-state index contributed by atoms with van der Waals surface area (Å²) in [5.41, 5.74) is 1.50. The first-order chi connectivity index (χ1) is 10.9. The van der Waals surface area contributed by atoms with E-state index in [-0.39, 0.29) is 31.0 Å². The third-order valence-corrected chi connectivity index (χ3v) is 3.26. The van der Waals surface area contributed by atoms with Crippen LogP contribution < -0.4 is 10.6 Å². The number of carbonyl (C=O) groups excluding carboxylic acids is 1. The van der Waals surface area contributed by atoms with Crippen LogP contribution in [0.25, 0.3) is 0 Å². The Hall–Kier alpha value is -1.35. The van der Waals surface area contributed by atoms with Gasteiger partial charge in [0.05, 0.1) is 19.8 Å². The zero-order chi connectivity index (χ0) is 16.7. The molecule has 2 N–H and O–H groups in total. The van der Waals surface area contributed by atoms with Crippen molar-refractivity contribution >= 4 is 18.3 Å². The van der Waals surface area contributed by atoms with Crippen LogP contribution in [-0.4, -0.2) is 44.5 Å². The summed E-state index contributed by atoms with van der Waals surface area (Å²) in [5.74, 6) is -0.137. The van der Waals surface area contributed by atoms with Gasteiger partial charge in [0.1, 0.15) is 12.6 Å². The van der Waals surface area contributed by atoms with E-state index in [2.05, 4.69) is 15.4 Å². The van der Waals surface area contributed by atoms with Crippen molar-refractivity contribution in [1.82, 2.24) is 10.6 Å². The van der Waals surface area contributed by atoms with Gasteiger partial charge in [0, 0.05) is 13.1 Å². The van der Waals surface area contributed by atoms with Gasteiger partial charge in [0.15, 0.2) is 0 Å². The lowest BCUT2D eigenvalue weighted by Gasteiger charge is -2.22. The number of halogens is 4. The van der Waals surface area contributed by atoms with Crippen molar-refractivity contribution < 1.29 is 27.4 Å². The van der Waals surface area contributed by atoms with Crippen molar-refractivity contribution in [2.45, 2.75) is 25.4 Å². The number of rotatable bonds is 6. The molecular formula is C15H20ClF3N2O3. The van der Waals surface area contributed by atoms with Gasteiger partial charge < -0.3 is 20.1 Å². The minimum Gasteiger partial charge on any atom is -0.378 e. The Morgan fingerprint density at radius 2 is 1.96 bits per heavy atom. The third kappa shape index (κ3) is 7.48. The molecule has 1 aromatic rings. The maximum atomic E-state index is 12.0. The van der Waals surface area contributed by atoms with Crippen LogP contribution in [0.15, 0.2) is 24.3 Å². The van der Waals surface area contributed by atoms with Gasteiger partial charge in [-0.05, 0) is 11.1 Å². The van der Waals surface area contributed by atoms with E-state index in [9.17, 15) is 18.0 Å². The van der Waals surface area contributed by atoms with Crippen LogP contribution in [0.1, 0.15) is 11.1 Å². The molecule has 136 valence electrons. The summed E-state index contributed by atoms with van der Waals surface area (Å²) in [4.78, 5) is 11.9. The van der Waals surface area contributed by atoms with Crippen LogP contribution in [0.5, 0.6) is 0 Å². The fourth-order valence-electron chi connectivity index (χ4n) is 2.08. The average molecular weight is 369 g/mol. The molecule has 1 unspecified atom stereocenters. The SMILES string of the molecule is Cl.O=C(NCc1ccc(COCC(F)(F)F)cc1)C1COCCN1. The molecule has 9 heteroatoms. The van der Waals surface area contributed by atoms with Gasteiger partial charge in [-0.25, -0.2) is 0 Å². The number of morpholine rings is 1. The van der Waals surface area contributed by atoms with E-state index in [1.54, 1.807) is 24.3 Å². The summed E-state index contributed by atoms with van der Waals surface area (Å²) < 4.78 is 45.7. The van der Waals surface area contributed by atoms with Gasteiger partial charge in [-0.3, -0.25) is 4.79 Å². The van der Waals surface area contributed by atoms with Crippen molar-refractivity contribution in [3.05, 3.63) is 35.4 Å².